The molecule has 2 aromatic heterocycles. The summed E-state index contributed by atoms with van der Waals surface area (Å²) in [6.07, 6.45) is 0. The van der Waals surface area contributed by atoms with Crippen molar-refractivity contribution in [2.45, 2.75) is 26.4 Å². The summed E-state index contributed by atoms with van der Waals surface area (Å²) in [6.45, 7) is 3.91. The Bertz CT molecular complexity index is 1240. The summed E-state index contributed by atoms with van der Waals surface area (Å²) in [5.74, 6) is -0.504. The Labute approximate surface area is 160 Å². The lowest BCUT2D eigenvalue weighted by molar-refractivity contribution is -0.124. The first-order valence-corrected chi connectivity index (χ1v) is 8.97. The second kappa shape index (κ2) is 6.92. The molecule has 0 aliphatic heterocycles. The zero-order chi connectivity index (χ0) is 19.8. The summed E-state index contributed by atoms with van der Waals surface area (Å²) in [5, 5.41) is 3.70. The summed E-state index contributed by atoms with van der Waals surface area (Å²) in [5.41, 5.74) is 2.54. The minimum Gasteiger partial charge on any atom is -0.350 e. The van der Waals surface area contributed by atoms with Gasteiger partial charge in [0.2, 0.25) is 5.91 Å². The lowest BCUT2D eigenvalue weighted by Gasteiger charge is -2.18. The zero-order valence-electron chi connectivity index (χ0n) is 15.5. The fourth-order valence-corrected chi connectivity index (χ4v) is 3.44. The maximum absolute atomic E-state index is 13.0. The quantitative estimate of drug-likeness (QED) is 0.594. The monoisotopic (exact) mass is 378 g/mol. The highest BCUT2D eigenvalue weighted by molar-refractivity contribution is 5.94. The second-order valence-corrected chi connectivity index (χ2v) is 6.75. The van der Waals surface area contributed by atoms with Crippen LogP contribution >= 0.6 is 0 Å². The Morgan fingerprint density at radius 2 is 1.89 bits per heavy atom. The number of nitrogens with zero attached hydrogens (tertiary/aromatic N) is 3. The number of hydrogen-bond acceptors (Lipinski definition) is 3. The molecule has 0 saturated carbocycles. The van der Waals surface area contributed by atoms with E-state index in [1.807, 2.05) is 35.9 Å². The van der Waals surface area contributed by atoms with E-state index in [1.54, 1.807) is 23.6 Å². The van der Waals surface area contributed by atoms with Gasteiger partial charge in [-0.1, -0.05) is 24.3 Å². The van der Waals surface area contributed by atoms with Crippen LogP contribution < -0.4 is 10.9 Å². The molecule has 6 nitrogen and oxygen atoms in total. The van der Waals surface area contributed by atoms with Crippen molar-refractivity contribution in [1.82, 2.24) is 19.5 Å². The van der Waals surface area contributed by atoms with Crippen molar-refractivity contribution >= 4 is 22.5 Å². The number of nitrogens with one attached hydrogen (secondary N) is 1. The molecular weight excluding hydrogens is 359 g/mol. The molecular formula is C21H19FN4O2. The minimum absolute atomic E-state index is 0.190. The molecule has 142 valence electrons. The molecule has 0 saturated heterocycles. The van der Waals surface area contributed by atoms with Gasteiger partial charge in [0.25, 0.3) is 5.56 Å². The van der Waals surface area contributed by atoms with Gasteiger partial charge in [0.15, 0.2) is 5.65 Å². The summed E-state index contributed by atoms with van der Waals surface area (Å²) in [4.78, 5) is 28.9. The molecule has 0 aliphatic rings. The van der Waals surface area contributed by atoms with Crippen LogP contribution in [0.3, 0.4) is 0 Å². The predicted octanol–water partition coefficient (Wildman–Crippen LogP) is 2.97. The van der Waals surface area contributed by atoms with E-state index in [4.69, 9.17) is 0 Å². The highest BCUT2D eigenvalue weighted by Crippen LogP contribution is 2.25. The molecule has 0 unspecified atom stereocenters. The van der Waals surface area contributed by atoms with Gasteiger partial charge >= 0.3 is 0 Å². The first-order valence-electron chi connectivity index (χ1n) is 8.97. The molecule has 2 heterocycles. The smallest absolute Gasteiger partial charge is 0.273 e. The highest BCUT2D eigenvalue weighted by Gasteiger charge is 2.22. The van der Waals surface area contributed by atoms with E-state index >= 15 is 0 Å². The number of aromatic nitrogens is 3. The fourth-order valence-electron chi connectivity index (χ4n) is 3.44. The van der Waals surface area contributed by atoms with Crippen molar-refractivity contribution < 1.29 is 9.18 Å². The van der Waals surface area contributed by atoms with Crippen LogP contribution in [-0.2, 0) is 11.3 Å². The van der Waals surface area contributed by atoms with Gasteiger partial charge in [-0.2, -0.15) is 4.98 Å². The van der Waals surface area contributed by atoms with Crippen LogP contribution in [0.15, 0.2) is 59.4 Å². The molecule has 1 N–H and O–H groups in total. The third-order valence-electron chi connectivity index (χ3n) is 4.82. The van der Waals surface area contributed by atoms with E-state index in [-0.39, 0.29) is 17.3 Å². The molecule has 0 bridgehead atoms. The Morgan fingerprint density at radius 3 is 2.64 bits per heavy atom. The van der Waals surface area contributed by atoms with Gasteiger partial charge in [0, 0.05) is 23.7 Å². The van der Waals surface area contributed by atoms with Crippen molar-refractivity contribution in [3.8, 4) is 0 Å². The molecule has 0 fully saturated rings. The van der Waals surface area contributed by atoms with E-state index in [0.29, 0.717) is 17.9 Å². The lowest BCUT2D eigenvalue weighted by atomic mass is 10.2. The molecule has 1 atom stereocenters. The van der Waals surface area contributed by atoms with Crippen molar-refractivity contribution in [2.75, 3.05) is 0 Å². The molecule has 28 heavy (non-hydrogen) atoms. The topological polar surface area (TPSA) is 68.4 Å². The van der Waals surface area contributed by atoms with Crippen LogP contribution in [0.5, 0.6) is 0 Å². The maximum Gasteiger partial charge on any atom is 0.273 e. The van der Waals surface area contributed by atoms with Crippen LogP contribution in [0.2, 0.25) is 0 Å². The summed E-state index contributed by atoms with van der Waals surface area (Å²) >= 11 is 0. The standard InChI is InChI=1S/C21H19FN4O2/c1-13-11-19(27)24-20-17-5-3-4-6-18(17)26(25(13)20)14(2)21(28)23-12-15-7-9-16(22)10-8-15/h3-11,14H,12H2,1-2H3,(H,23,28)/t14-/m0/s1. The van der Waals surface area contributed by atoms with Gasteiger partial charge in [-0.3, -0.25) is 14.3 Å². The van der Waals surface area contributed by atoms with Gasteiger partial charge in [-0.25, -0.2) is 8.91 Å². The molecule has 4 aromatic rings. The Balaban J connectivity index is 1.73. The molecule has 0 spiro atoms. The predicted molar refractivity (Wildman–Crippen MR) is 105 cm³/mol. The molecule has 0 radical (unpaired) electrons. The van der Waals surface area contributed by atoms with E-state index in [9.17, 15) is 14.0 Å². The molecule has 0 aliphatic carbocycles. The molecule has 1 amide bonds. The van der Waals surface area contributed by atoms with E-state index < -0.39 is 6.04 Å². The van der Waals surface area contributed by atoms with E-state index in [0.717, 1.165) is 16.5 Å². The average molecular weight is 378 g/mol. The number of benzene rings is 2. The highest BCUT2D eigenvalue weighted by atomic mass is 19.1. The van der Waals surface area contributed by atoms with Crippen LogP contribution in [0, 0.1) is 12.7 Å². The largest absolute Gasteiger partial charge is 0.350 e. The van der Waals surface area contributed by atoms with Gasteiger partial charge in [0.05, 0.1) is 5.52 Å². The lowest BCUT2D eigenvalue weighted by Crippen LogP contribution is -2.32. The van der Waals surface area contributed by atoms with Crippen molar-refractivity contribution in [3.05, 3.63) is 82.0 Å². The van der Waals surface area contributed by atoms with Crippen LogP contribution in [0.4, 0.5) is 4.39 Å². The molecule has 7 heteroatoms. The Morgan fingerprint density at radius 1 is 1.18 bits per heavy atom. The number of carbonyl (C=O) groups excluding carboxylic acids is 1. The molecule has 4 rings (SSSR count). The van der Waals surface area contributed by atoms with Gasteiger partial charge in [0.1, 0.15) is 11.9 Å². The summed E-state index contributed by atoms with van der Waals surface area (Å²) in [7, 11) is 0. The fraction of sp³-hybridized carbons (Fsp3) is 0.190. The number of aryl methyl sites for hydroxylation is 1. The number of halogens is 1. The number of carbonyl (C=O) groups is 1. The summed E-state index contributed by atoms with van der Waals surface area (Å²) < 4.78 is 16.7. The van der Waals surface area contributed by atoms with Crippen LogP contribution in [0.25, 0.3) is 16.6 Å². The van der Waals surface area contributed by atoms with Crippen molar-refractivity contribution in [1.29, 1.82) is 0 Å². The van der Waals surface area contributed by atoms with Gasteiger partial charge < -0.3 is 5.32 Å². The zero-order valence-corrected chi connectivity index (χ0v) is 15.5. The number of fused-ring (bicyclic) bond motifs is 3. The Hall–Kier alpha value is -3.48. The summed E-state index contributed by atoms with van der Waals surface area (Å²) in [6, 6.07) is 14.4. The van der Waals surface area contributed by atoms with Gasteiger partial charge in [-0.15, -0.1) is 0 Å². The van der Waals surface area contributed by atoms with Crippen molar-refractivity contribution in [3.63, 3.8) is 0 Å². The number of para-hydroxylation sites is 1. The SMILES string of the molecule is Cc1cc(=O)nc2c3ccccc3n([C@@H](C)C(=O)NCc3ccc(F)cc3)n12. The van der Waals surface area contributed by atoms with E-state index in [2.05, 4.69) is 10.3 Å². The first-order chi connectivity index (χ1) is 13.5. The average Bonchev–Trinajstić information content (AvgIpc) is 3.01. The van der Waals surface area contributed by atoms with Crippen LogP contribution in [0.1, 0.15) is 24.2 Å². The number of hydrogen-bond donors (Lipinski definition) is 1. The number of amides is 1. The minimum atomic E-state index is -0.550. The maximum atomic E-state index is 13.0. The van der Waals surface area contributed by atoms with Crippen molar-refractivity contribution in [2.24, 2.45) is 0 Å². The third kappa shape index (κ3) is 3.05. The van der Waals surface area contributed by atoms with Gasteiger partial charge in [-0.05, 0) is 43.7 Å². The first kappa shape index (κ1) is 17.9. The molecule has 2 aromatic carbocycles. The normalized spacial score (nSPS) is 12.4. The van der Waals surface area contributed by atoms with Crippen LogP contribution in [-0.4, -0.2) is 20.1 Å². The third-order valence-corrected chi connectivity index (χ3v) is 4.82. The Kier molecular flexibility index (Phi) is 4.43. The second-order valence-electron chi connectivity index (χ2n) is 6.75. The number of rotatable bonds is 4. The van der Waals surface area contributed by atoms with E-state index in [1.165, 1.54) is 18.2 Å².